The molecule has 0 unspecified atom stereocenters. The monoisotopic (exact) mass is 426 g/mol. The third kappa shape index (κ3) is 4.04. The Balaban J connectivity index is 1.92. The van der Waals surface area contributed by atoms with E-state index in [2.05, 4.69) is 4.98 Å². The fourth-order valence-corrected chi connectivity index (χ4v) is 3.53. The van der Waals surface area contributed by atoms with E-state index in [0.29, 0.717) is 27.8 Å². The van der Waals surface area contributed by atoms with Crippen LogP contribution in [0.3, 0.4) is 0 Å². The molecule has 4 aromatic rings. The summed E-state index contributed by atoms with van der Waals surface area (Å²) in [6.45, 7) is 0. The van der Waals surface area contributed by atoms with Crippen molar-refractivity contribution in [3.05, 3.63) is 110 Å². The summed E-state index contributed by atoms with van der Waals surface area (Å²) in [5.74, 6) is 0.127. The Morgan fingerprint density at radius 1 is 1.03 bits per heavy atom. The zero-order valence-corrected chi connectivity index (χ0v) is 17.1. The molecule has 0 bridgehead atoms. The lowest BCUT2D eigenvalue weighted by atomic mass is 9.93. The molecule has 0 saturated heterocycles. The van der Waals surface area contributed by atoms with E-state index in [1.54, 1.807) is 61.7 Å². The number of fused-ring (bicyclic) bond motifs is 1. The van der Waals surface area contributed by atoms with Gasteiger partial charge in [0.05, 0.1) is 17.6 Å². The molecule has 1 aromatic heterocycles. The Labute approximate surface area is 182 Å². The molecule has 0 saturated carbocycles. The zero-order valence-electron chi connectivity index (χ0n) is 17.1. The van der Waals surface area contributed by atoms with Gasteiger partial charge >= 0.3 is 0 Å². The molecule has 0 aliphatic rings. The molecule has 0 aliphatic carbocycles. The molecular weight excluding hydrogens is 408 g/mol. The summed E-state index contributed by atoms with van der Waals surface area (Å²) in [5.41, 5.74) is 1.33. The number of methoxy groups -OCH3 is 1. The standard InChI is InChI=1S/C25H18N2O5/c1-32-19-9-5-6-16(14-19)10-13-22(28)24-23(17-7-3-2-4-8-17)20-15-18(27(30)31)11-12-21(20)26-25(24)29/h2-15H,1H3,(H,26,29). The number of carbonyl (C=O) groups excluding carboxylic acids is 1. The van der Waals surface area contributed by atoms with Crippen molar-refractivity contribution in [2.45, 2.75) is 0 Å². The Hall–Kier alpha value is -4.52. The van der Waals surface area contributed by atoms with Crippen LogP contribution >= 0.6 is 0 Å². The third-order valence-electron chi connectivity index (χ3n) is 5.04. The van der Waals surface area contributed by atoms with E-state index in [9.17, 15) is 19.7 Å². The van der Waals surface area contributed by atoms with Crippen molar-refractivity contribution in [2.75, 3.05) is 7.11 Å². The first-order chi connectivity index (χ1) is 15.5. The Morgan fingerprint density at radius 2 is 1.81 bits per heavy atom. The minimum absolute atomic E-state index is 0.0802. The summed E-state index contributed by atoms with van der Waals surface area (Å²) in [6.07, 6.45) is 2.91. The molecule has 7 heteroatoms. The normalized spacial score (nSPS) is 11.0. The lowest BCUT2D eigenvalue weighted by molar-refractivity contribution is -0.384. The number of rotatable bonds is 6. The number of aromatic nitrogens is 1. The molecular formula is C25H18N2O5. The van der Waals surface area contributed by atoms with Gasteiger partial charge in [0.2, 0.25) is 0 Å². The second kappa shape index (κ2) is 8.69. The maximum absolute atomic E-state index is 13.2. The van der Waals surface area contributed by atoms with Crippen LogP contribution in [0, 0.1) is 10.1 Å². The smallest absolute Gasteiger partial charge is 0.270 e. The summed E-state index contributed by atoms with van der Waals surface area (Å²) < 4.78 is 5.19. The van der Waals surface area contributed by atoms with Crippen LogP contribution in [0.15, 0.2) is 83.7 Å². The van der Waals surface area contributed by atoms with Crippen LogP contribution in [0.25, 0.3) is 28.1 Å². The van der Waals surface area contributed by atoms with Crippen LogP contribution in [-0.4, -0.2) is 22.8 Å². The first-order valence-electron chi connectivity index (χ1n) is 9.74. The molecule has 0 fully saturated rings. The molecule has 0 aliphatic heterocycles. The van der Waals surface area contributed by atoms with E-state index in [-0.39, 0.29) is 11.3 Å². The quantitative estimate of drug-likeness (QED) is 0.202. The van der Waals surface area contributed by atoms with E-state index >= 15 is 0 Å². The van der Waals surface area contributed by atoms with Gasteiger partial charge in [-0.2, -0.15) is 0 Å². The topological polar surface area (TPSA) is 102 Å². The average molecular weight is 426 g/mol. The minimum atomic E-state index is -0.564. The highest BCUT2D eigenvalue weighted by molar-refractivity contribution is 6.15. The highest BCUT2D eigenvalue weighted by atomic mass is 16.6. The highest BCUT2D eigenvalue weighted by Crippen LogP contribution is 2.32. The van der Waals surface area contributed by atoms with Gasteiger partial charge in [-0.25, -0.2) is 0 Å². The summed E-state index contributed by atoms with van der Waals surface area (Å²) in [4.78, 5) is 39.6. The molecule has 1 N–H and O–H groups in total. The fraction of sp³-hybridized carbons (Fsp3) is 0.0400. The van der Waals surface area contributed by atoms with E-state index in [1.807, 2.05) is 6.07 Å². The first kappa shape index (κ1) is 20.7. The van der Waals surface area contributed by atoms with Gasteiger partial charge in [0.25, 0.3) is 11.2 Å². The number of benzene rings is 3. The van der Waals surface area contributed by atoms with Gasteiger partial charge in [0.1, 0.15) is 5.75 Å². The molecule has 7 nitrogen and oxygen atoms in total. The summed E-state index contributed by atoms with van der Waals surface area (Å²) in [6, 6.07) is 20.2. The van der Waals surface area contributed by atoms with Crippen molar-refractivity contribution < 1.29 is 14.5 Å². The summed E-state index contributed by atoms with van der Waals surface area (Å²) in [5, 5.41) is 11.8. The zero-order chi connectivity index (χ0) is 22.7. The van der Waals surface area contributed by atoms with E-state index in [1.165, 1.54) is 24.3 Å². The Kier molecular flexibility index (Phi) is 5.63. The maximum Gasteiger partial charge on any atom is 0.270 e. The number of H-pyrrole nitrogens is 1. The lowest BCUT2D eigenvalue weighted by Gasteiger charge is -2.11. The van der Waals surface area contributed by atoms with Crippen molar-refractivity contribution in [2.24, 2.45) is 0 Å². The summed E-state index contributed by atoms with van der Waals surface area (Å²) in [7, 11) is 1.55. The highest BCUT2D eigenvalue weighted by Gasteiger charge is 2.21. The van der Waals surface area contributed by atoms with Crippen molar-refractivity contribution in [1.82, 2.24) is 4.98 Å². The van der Waals surface area contributed by atoms with Gasteiger partial charge in [-0.05, 0) is 35.4 Å². The van der Waals surface area contributed by atoms with Gasteiger partial charge in [0.15, 0.2) is 5.78 Å². The number of carbonyl (C=O) groups is 1. The largest absolute Gasteiger partial charge is 0.497 e. The number of nitrogens with one attached hydrogen (secondary N) is 1. The number of nitrogens with zero attached hydrogens (tertiary/aromatic N) is 1. The Bertz CT molecular complexity index is 1420. The molecule has 158 valence electrons. The second-order valence-corrected chi connectivity index (χ2v) is 7.03. The van der Waals surface area contributed by atoms with Crippen molar-refractivity contribution >= 4 is 28.4 Å². The number of nitro benzene ring substituents is 1. The van der Waals surface area contributed by atoms with Crippen LogP contribution in [-0.2, 0) is 0 Å². The molecule has 32 heavy (non-hydrogen) atoms. The number of hydrogen-bond donors (Lipinski definition) is 1. The molecule has 0 spiro atoms. The third-order valence-corrected chi connectivity index (χ3v) is 5.04. The molecule has 3 aromatic carbocycles. The maximum atomic E-state index is 13.2. The van der Waals surface area contributed by atoms with Crippen molar-refractivity contribution in [1.29, 1.82) is 0 Å². The van der Waals surface area contributed by atoms with Gasteiger partial charge in [-0.3, -0.25) is 19.7 Å². The van der Waals surface area contributed by atoms with Crippen molar-refractivity contribution in [3.8, 4) is 16.9 Å². The number of ether oxygens (including phenoxy) is 1. The van der Waals surface area contributed by atoms with Gasteiger partial charge in [-0.15, -0.1) is 0 Å². The van der Waals surface area contributed by atoms with Gasteiger partial charge in [0, 0.05) is 28.6 Å². The molecule has 0 amide bonds. The van der Waals surface area contributed by atoms with E-state index < -0.39 is 16.3 Å². The van der Waals surface area contributed by atoms with Gasteiger partial charge < -0.3 is 9.72 Å². The number of non-ortho nitro benzene ring substituents is 1. The van der Waals surface area contributed by atoms with Crippen LogP contribution in [0.5, 0.6) is 5.75 Å². The second-order valence-electron chi connectivity index (χ2n) is 7.03. The fourth-order valence-electron chi connectivity index (χ4n) is 3.53. The van der Waals surface area contributed by atoms with Crippen LogP contribution in [0.2, 0.25) is 0 Å². The molecule has 0 radical (unpaired) electrons. The molecule has 1 heterocycles. The Morgan fingerprint density at radius 3 is 2.53 bits per heavy atom. The van der Waals surface area contributed by atoms with Crippen LogP contribution < -0.4 is 10.3 Å². The number of pyridine rings is 1. The van der Waals surface area contributed by atoms with Crippen LogP contribution in [0.1, 0.15) is 15.9 Å². The van der Waals surface area contributed by atoms with Crippen molar-refractivity contribution in [3.63, 3.8) is 0 Å². The first-order valence-corrected chi connectivity index (χ1v) is 9.74. The summed E-state index contributed by atoms with van der Waals surface area (Å²) >= 11 is 0. The van der Waals surface area contributed by atoms with Gasteiger partial charge in [-0.1, -0.05) is 48.5 Å². The van der Waals surface area contributed by atoms with Crippen LogP contribution in [0.4, 0.5) is 5.69 Å². The number of nitro groups is 1. The number of hydrogen-bond acceptors (Lipinski definition) is 5. The lowest BCUT2D eigenvalue weighted by Crippen LogP contribution is -2.18. The number of allylic oxidation sites excluding steroid dienone is 1. The average Bonchev–Trinajstić information content (AvgIpc) is 2.82. The number of ketones is 1. The van der Waals surface area contributed by atoms with E-state index in [0.717, 1.165) is 5.56 Å². The number of aromatic amines is 1. The minimum Gasteiger partial charge on any atom is -0.497 e. The molecule has 0 atom stereocenters. The SMILES string of the molecule is COc1cccc(C=CC(=O)c2c(-c3ccccc3)c3cc([N+](=O)[O-])ccc3[nH]c2=O)c1. The molecule has 4 rings (SSSR count). The van der Waals surface area contributed by atoms with E-state index in [4.69, 9.17) is 4.74 Å². The predicted molar refractivity (Wildman–Crippen MR) is 123 cm³/mol. The predicted octanol–water partition coefficient (Wildman–Crippen LogP) is 5.01.